The Morgan fingerprint density at radius 2 is 2.03 bits per heavy atom. The number of rotatable bonds is 7. The Balaban J connectivity index is 2.33. The van der Waals surface area contributed by atoms with Crippen LogP contribution in [0.25, 0.3) is 6.08 Å². The van der Waals surface area contributed by atoms with Gasteiger partial charge in [0.1, 0.15) is 18.2 Å². The highest BCUT2D eigenvalue weighted by Crippen LogP contribution is 2.37. The van der Waals surface area contributed by atoms with Crippen molar-refractivity contribution in [1.82, 2.24) is 0 Å². The largest absolute Gasteiger partial charge is 0.490 e. The van der Waals surface area contributed by atoms with Gasteiger partial charge >= 0.3 is 6.18 Å². The second-order valence-corrected chi connectivity index (χ2v) is 6.81. The third-order valence-electron chi connectivity index (χ3n) is 3.76. The minimum absolute atomic E-state index is 0.0106. The second-order valence-electron chi connectivity index (χ2n) is 5.96. The highest BCUT2D eigenvalue weighted by atomic mass is 79.9. The zero-order valence-electron chi connectivity index (χ0n) is 16.2. The summed E-state index contributed by atoms with van der Waals surface area (Å²) in [6.07, 6.45) is 1.93. The molecule has 0 spiro atoms. The number of ether oxygens (including phenoxy) is 2. The normalized spacial score (nSPS) is 11.3. The minimum Gasteiger partial charge on any atom is -0.490 e. The van der Waals surface area contributed by atoms with Crippen molar-refractivity contribution < 1.29 is 27.4 Å². The maximum atomic E-state index is 12.9. The molecule has 0 saturated carbocycles. The molecular weight excluding hydrogens is 477 g/mol. The number of nitrogens with zero attached hydrogens (tertiary/aromatic N) is 1. The molecule has 31 heavy (non-hydrogen) atoms. The lowest BCUT2D eigenvalue weighted by atomic mass is 10.1. The maximum absolute atomic E-state index is 12.9. The van der Waals surface area contributed by atoms with E-state index in [1.54, 1.807) is 25.1 Å². The first-order valence-electron chi connectivity index (χ1n) is 8.82. The zero-order valence-corrected chi connectivity index (χ0v) is 17.8. The Hall–Kier alpha value is -3.43. The molecule has 5 nitrogen and oxygen atoms in total. The van der Waals surface area contributed by atoms with Crippen LogP contribution in [0.4, 0.5) is 18.9 Å². The molecule has 0 heterocycles. The molecule has 2 aromatic carbocycles. The number of carbonyl (C=O) groups is 1. The van der Waals surface area contributed by atoms with Crippen LogP contribution in [0.15, 0.2) is 46.4 Å². The van der Waals surface area contributed by atoms with Crippen LogP contribution in [0.1, 0.15) is 18.1 Å². The Bertz CT molecular complexity index is 1080. The van der Waals surface area contributed by atoms with Crippen molar-refractivity contribution in [2.45, 2.75) is 13.1 Å². The molecule has 0 aliphatic rings. The minimum atomic E-state index is -4.56. The molecule has 0 aliphatic heterocycles. The van der Waals surface area contributed by atoms with Gasteiger partial charge < -0.3 is 14.8 Å². The van der Waals surface area contributed by atoms with Crippen molar-refractivity contribution >= 4 is 33.6 Å². The van der Waals surface area contributed by atoms with E-state index in [1.165, 1.54) is 12.1 Å². The summed E-state index contributed by atoms with van der Waals surface area (Å²) >= 11 is 3.33. The van der Waals surface area contributed by atoms with E-state index >= 15 is 0 Å². The van der Waals surface area contributed by atoms with Crippen LogP contribution in [0.3, 0.4) is 0 Å². The third-order valence-corrected chi connectivity index (χ3v) is 4.34. The fourth-order valence-corrected chi connectivity index (χ4v) is 3.05. The Morgan fingerprint density at radius 3 is 2.65 bits per heavy atom. The van der Waals surface area contributed by atoms with Crippen molar-refractivity contribution in [1.29, 1.82) is 5.26 Å². The van der Waals surface area contributed by atoms with E-state index in [4.69, 9.17) is 15.9 Å². The van der Waals surface area contributed by atoms with Gasteiger partial charge in [-0.25, -0.2) is 0 Å². The van der Waals surface area contributed by atoms with Crippen LogP contribution in [0, 0.1) is 23.7 Å². The van der Waals surface area contributed by atoms with Gasteiger partial charge in [0, 0.05) is 5.69 Å². The number of carbonyl (C=O) groups excluding carboxylic acids is 1. The lowest BCUT2D eigenvalue weighted by Gasteiger charge is -2.13. The average Bonchev–Trinajstić information content (AvgIpc) is 2.71. The number of halogens is 4. The van der Waals surface area contributed by atoms with Gasteiger partial charge in [-0.15, -0.1) is 6.42 Å². The first kappa shape index (κ1) is 23.8. The summed E-state index contributed by atoms with van der Waals surface area (Å²) in [5, 5.41) is 11.7. The summed E-state index contributed by atoms with van der Waals surface area (Å²) in [4.78, 5) is 12.4. The van der Waals surface area contributed by atoms with Gasteiger partial charge in [-0.3, -0.25) is 4.79 Å². The van der Waals surface area contributed by atoms with Gasteiger partial charge in [0.2, 0.25) is 0 Å². The zero-order chi connectivity index (χ0) is 23.0. The van der Waals surface area contributed by atoms with Crippen LogP contribution in [-0.2, 0) is 11.0 Å². The highest BCUT2D eigenvalue weighted by molar-refractivity contribution is 9.10. The second kappa shape index (κ2) is 10.6. The Labute approximate surface area is 185 Å². The molecule has 0 atom stereocenters. The van der Waals surface area contributed by atoms with Crippen molar-refractivity contribution in [2.24, 2.45) is 0 Å². The molecule has 1 N–H and O–H groups in total. The van der Waals surface area contributed by atoms with Crippen molar-refractivity contribution in [2.75, 3.05) is 18.5 Å². The number of nitriles is 1. The van der Waals surface area contributed by atoms with E-state index in [0.717, 1.165) is 18.2 Å². The molecule has 0 aromatic heterocycles. The molecule has 1 amide bonds. The standard InChI is InChI=1S/C22H16BrF3N2O3/c1-3-8-31-20-18(23)10-14(11-19(20)30-4-2)9-15(13-27)21(29)28-17-7-5-6-16(12-17)22(24,25)26/h1,5-7,9-12H,4,8H2,2H3,(H,28,29)/b15-9+. The molecule has 0 unspecified atom stereocenters. The molecule has 0 aliphatic carbocycles. The number of amides is 1. The fraction of sp³-hybridized carbons (Fsp3) is 0.182. The monoisotopic (exact) mass is 492 g/mol. The van der Waals surface area contributed by atoms with E-state index in [0.29, 0.717) is 28.1 Å². The topological polar surface area (TPSA) is 71.3 Å². The van der Waals surface area contributed by atoms with Gasteiger partial charge in [0.05, 0.1) is 16.6 Å². The van der Waals surface area contributed by atoms with E-state index in [1.807, 2.05) is 0 Å². The number of alkyl halides is 3. The quantitative estimate of drug-likeness (QED) is 0.318. The van der Waals surface area contributed by atoms with Gasteiger partial charge in [-0.05, 0) is 64.8 Å². The molecule has 0 bridgehead atoms. The Morgan fingerprint density at radius 1 is 1.29 bits per heavy atom. The third kappa shape index (κ3) is 6.53. The number of benzene rings is 2. The van der Waals surface area contributed by atoms with E-state index in [9.17, 15) is 23.2 Å². The Kier molecular flexibility index (Phi) is 8.12. The van der Waals surface area contributed by atoms with Crippen molar-refractivity contribution in [3.63, 3.8) is 0 Å². The number of anilines is 1. The van der Waals surface area contributed by atoms with E-state index in [-0.39, 0.29) is 17.9 Å². The van der Waals surface area contributed by atoms with Crippen molar-refractivity contribution in [3.05, 3.63) is 57.6 Å². The predicted octanol–water partition coefficient (Wildman–Crippen LogP) is 5.42. The molecule has 0 fully saturated rings. The van der Waals surface area contributed by atoms with Crippen LogP contribution < -0.4 is 14.8 Å². The number of terminal acetylenes is 1. The molecule has 2 rings (SSSR count). The summed E-state index contributed by atoms with van der Waals surface area (Å²) in [6, 6.07) is 9.01. The summed E-state index contributed by atoms with van der Waals surface area (Å²) in [5.74, 6) is 2.19. The van der Waals surface area contributed by atoms with Crippen LogP contribution in [0.5, 0.6) is 11.5 Å². The van der Waals surface area contributed by atoms with Crippen LogP contribution in [-0.4, -0.2) is 19.1 Å². The molecular formula is C22H16BrF3N2O3. The maximum Gasteiger partial charge on any atom is 0.416 e. The number of hydrogen-bond acceptors (Lipinski definition) is 4. The molecule has 9 heteroatoms. The fourth-order valence-electron chi connectivity index (χ4n) is 2.48. The SMILES string of the molecule is C#CCOc1c(Br)cc(/C=C(\C#N)C(=O)Nc2cccc(C(F)(F)F)c2)cc1OCC. The van der Waals surface area contributed by atoms with Gasteiger partial charge in [-0.2, -0.15) is 18.4 Å². The van der Waals surface area contributed by atoms with Crippen molar-refractivity contribution in [3.8, 4) is 29.9 Å². The lowest BCUT2D eigenvalue weighted by molar-refractivity contribution is -0.137. The average molecular weight is 493 g/mol. The summed E-state index contributed by atoms with van der Waals surface area (Å²) in [6.45, 7) is 2.11. The first-order chi connectivity index (χ1) is 14.7. The first-order valence-corrected chi connectivity index (χ1v) is 9.62. The van der Waals surface area contributed by atoms with Crippen LogP contribution in [0.2, 0.25) is 0 Å². The van der Waals surface area contributed by atoms with Crippen LogP contribution >= 0.6 is 15.9 Å². The van der Waals surface area contributed by atoms with E-state index in [2.05, 4.69) is 27.2 Å². The summed E-state index contributed by atoms with van der Waals surface area (Å²) in [5.41, 5.74) is -0.890. The number of nitrogens with one attached hydrogen (secondary N) is 1. The van der Waals surface area contributed by atoms with Gasteiger partial charge in [0.15, 0.2) is 11.5 Å². The molecule has 0 radical (unpaired) electrons. The van der Waals surface area contributed by atoms with Gasteiger partial charge in [-0.1, -0.05) is 12.0 Å². The summed E-state index contributed by atoms with van der Waals surface area (Å²) < 4.78 is 50.0. The smallest absolute Gasteiger partial charge is 0.416 e. The van der Waals surface area contributed by atoms with Gasteiger partial charge in [0.25, 0.3) is 5.91 Å². The molecule has 160 valence electrons. The van der Waals surface area contributed by atoms with E-state index < -0.39 is 17.6 Å². The predicted molar refractivity (Wildman–Crippen MR) is 113 cm³/mol. The summed E-state index contributed by atoms with van der Waals surface area (Å²) in [7, 11) is 0. The highest BCUT2D eigenvalue weighted by Gasteiger charge is 2.30. The molecule has 2 aromatic rings. The lowest BCUT2D eigenvalue weighted by Crippen LogP contribution is -2.14. The molecule has 0 saturated heterocycles. The number of hydrogen-bond donors (Lipinski definition) is 1.